The molecule has 0 N–H and O–H groups in total. The fourth-order valence-electron chi connectivity index (χ4n) is 4.19. The van der Waals surface area contributed by atoms with Gasteiger partial charge in [-0.15, -0.1) is 0 Å². The van der Waals surface area contributed by atoms with Crippen LogP contribution in [0.1, 0.15) is 18.1 Å². The lowest BCUT2D eigenvalue weighted by Crippen LogP contribution is -2.10. The summed E-state index contributed by atoms with van der Waals surface area (Å²) in [5, 5.41) is 0. The Balaban J connectivity index is 1.89. The number of hydrogen-bond acceptors (Lipinski definition) is 7. The van der Waals surface area contributed by atoms with E-state index < -0.39 is 10.1 Å². The van der Waals surface area contributed by atoms with Gasteiger partial charge in [-0.25, -0.2) is 0 Å². The first kappa shape index (κ1) is 27.9. The van der Waals surface area contributed by atoms with E-state index in [1.54, 1.807) is 25.3 Å². The molecule has 39 heavy (non-hydrogen) atoms. The van der Waals surface area contributed by atoms with E-state index in [2.05, 4.69) is 0 Å². The number of rotatable bonds is 11. The summed E-state index contributed by atoms with van der Waals surface area (Å²) in [4.78, 5) is 0. The van der Waals surface area contributed by atoms with Crippen LogP contribution in [0.3, 0.4) is 0 Å². The van der Waals surface area contributed by atoms with E-state index in [-0.39, 0.29) is 5.75 Å². The lowest BCUT2D eigenvalue weighted by Gasteiger charge is -2.22. The van der Waals surface area contributed by atoms with Crippen LogP contribution in [-0.4, -0.2) is 35.5 Å². The van der Waals surface area contributed by atoms with Crippen LogP contribution < -0.4 is 23.1 Å². The predicted molar refractivity (Wildman–Crippen MR) is 153 cm³/mol. The molecule has 0 saturated heterocycles. The number of hydrogen-bond donors (Lipinski definition) is 0. The van der Waals surface area contributed by atoms with Gasteiger partial charge in [-0.2, -0.15) is 8.42 Å². The summed E-state index contributed by atoms with van der Waals surface area (Å²) in [6, 6.07) is 24.8. The van der Waals surface area contributed by atoms with Crippen LogP contribution in [0.25, 0.3) is 22.3 Å². The van der Waals surface area contributed by atoms with Gasteiger partial charge >= 0.3 is 10.1 Å². The maximum Gasteiger partial charge on any atom is 0.306 e. The van der Waals surface area contributed by atoms with E-state index in [4.69, 9.17) is 23.1 Å². The summed E-state index contributed by atoms with van der Waals surface area (Å²) in [5.41, 5.74) is 4.60. The fraction of sp³-hybridized carbons (Fsp3) is 0.226. The quantitative estimate of drug-likeness (QED) is 0.194. The van der Waals surface area contributed by atoms with Gasteiger partial charge in [0, 0.05) is 5.56 Å². The molecule has 0 bridgehead atoms. The molecule has 4 aromatic carbocycles. The predicted octanol–water partition coefficient (Wildman–Crippen LogP) is 6.66. The Hall–Kier alpha value is -4.17. The molecule has 4 aromatic rings. The maximum atomic E-state index is 12.5. The van der Waals surface area contributed by atoms with E-state index in [1.165, 1.54) is 7.11 Å². The van der Waals surface area contributed by atoms with Crippen molar-refractivity contribution >= 4 is 10.1 Å². The van der Waals surface area contributed by atoms with Crippen LogP contribution in [0, 0.1) is 6.92 Å². The molecule has 0 heterocycles. The van der Waals surface area contributed by atoms with Gasteiger partial charge in [0.25, 0.3) is 0 Å². The normalized spacial score (nSPS) is 11.1. The number of aryl methyl sites for hydroxylation is 1. The van der Waals surface area contributed by atoms with Crippen molar-refractivity contribution in [2.24, 2.45) is 0 Å². The first-order valence-electron chi connectivity index (χ1n) is 12.4. The summed E-state index contributed by atoms with van der Waals surface area (Å²) >= 11 is 0. The highest BCUT2D eigenvalue weighted by Crippen LogP contribution is 2.51. The minimum Gasteiger partial charge on any atom is -0.496 e. The number of methoxy groups -OCH3 is 2. The van der Waals surface area contributed by atoms with Gasteiger partial charge in [-0.05, 0) is 48.7 Å². The lowest BCUT2D eigenvalue weighted by atomic mass is 9.96. The number of benzene rings is 4. The number of ether oxygens (including phenoxy) is 4. The molecule has 0 aliphatic carbocycles. The molecule has 0 amide bonds. The highest BCUT2D eigenvalue weighted by atomic mass is 32.2. The zero-order chi connectivity index (χ0) is 28.0. The van der Waals surface area contributed by atoms with E-state index in [0.717, 1.165) is 22.9 Å². The van der Waals surface area contributed by atoms with Crippen LogP contribution in [0.15, 0.2) is 78.9 Å². The lowest BCUT2D eigenvalue weighted by molar-refractivity contribution is 0.284. The Morgan fingerprint density at radius 2 is 1.38 bits per heavy atom. The molecule has 0 unspecified atom stereocenters. The molecule has 8 heteroatoms. The molecule has 0 aliphatic rings. The van der Waals surface area contributed by atoms with Crippen molar-refractivity contribution in [1.29, 1.82) is 0 Å². The van der Waals surface area contributed by atoms with Crippen molar-refractivity contribution in [2.45, 2.75) is 20.5 Å². The van der Waals surface area contributed by atoms with Crippen molar-refractivity contribution in [1.82, 2.24) is 0 Å². The van der Waals surface area contributed by atoms with E-state index in [1.807, 2.05) is 74.5 Å². The van der Waals surface area contributed by atoms with Gasteiger partial charge in [0.15, 0.2) is 23.0 Å². The Bertz CT molecular complexity index is 1530. The highest BCUT2D eigenvalue weighted by molar-refractivity contribution is 7.86. The smallest absolute Gasteiger partial charge is 0.306 e. The van der Waals surface area contributed by atoms with Gasteiger partial charge in [-0.3, -0.25) is 0 Å². The summed E-state index contributed by atoms with van der Waals surface area (Å²) < 4.78 is 54.0. The molecule has 0 fully saturated rings. The second-order valence-electron chi connectivity index (χ2n) is 8.89. The van der Waals surface area contributed by atoms with Gasteiger partial charge in [0.1, 0.15) is 12.4 Å². The summed E-state index contributed by atoms with van der Waals surface area (Å²) in [6.45, 7) is 4.48. The van der Waals surface area contributed by atoms with Crippen LogP contribution >= 0.6 is 0 Å². The summed E-state index contributed by atoms with van der Waals surface area (Å²) in [5.74, 6) is 1.75. The van der Waals surface area contributed by atoms with Crippen molar-refractivity contribution in [3.8, 4) is 51.0 Å². The zero-order valence-corrected chi connectivity index (χ0v) is 23.5. The van der Waals surface area contributed by atoms with Crippen molar-refractivity contribution < 1.29 is 31.5 Å². The zero-order valence-electron chi connectivity index (χ0n) is 22.7. The van der Waals surface area contributed by atoms with Gasteiger partial charge in [-0.1, -0.05) is 66.2 Å². The van der Waals surface area contributed by atoms with Crippen LogP contribution in [0.2, 0.25) is 0 Å². The molecule has 0 aliphatic heterocycles. The molecule has 7 nitrogen and oxygen atoms in total. The molecule has 204 valence electrons. The van der Waals surface area contributed by atoms with E-state index in [0.29, 0.717) is 52.9 Å². The summed E-state index contributed by atoms with van der Waals surface area (Å²) in [7, 11) is -0.862. The first-order chi connectivity index (χ1) is 18.7. The minimum absolute atomic E-state index is 0.0364. The van der Waals surface area contributed by atoms with Crippen LogP contribution in [-0.2, 0) is 16.7 Å². The average Bonchev–Trinajstić information content (AvgIpc) is 2.93. The molecule has 0 aromatic heterocycles. The molecule has 0 atom stereocenters. The second-order valence-corrected chi connectivity index (χ2v) is 10.5. The fourth-order valence-corrected chi connectivity index (χ4v) is 4.66. The van der Waals surface area contributed by atoms with Gasteiger partial charge < -0.3 is 23.1 Å². The van der Waals surface area contributed by atoms with Crippen molar-refractivity contribution in [3.05, 3.63) is 90.0 Å². The van der Waals surface area contributed by atoms with E-state index in [9.17, 15) is 8.42 Å². The van der Waals surface area contributed by atoms with Crippen molar-refractivity contribution in [3.63, 3.8) is 0 Å². The first-order valence-corrected chi connectivity index (χ1v) is 14.2. The minimum atomic E-state index is -3.93. The molecule has 0 radical (unpaired) electrons. The Morgan fingerprint density at radius 1 is 0.718 bits per heavy atom. The maximum absolute atomic E-state index is 12.5. The van der Waals surface area contributed by atoms with Gasteiger partial charge in [0.05, 0.1) is 32.6 Å². The SMILES string of the molecule is CCOc1c(-c2ccc(C)cc2)cc(OC)c(-c2ccc(OCc3ccccc3)c(OC)c2)c1OS(C)(=O)=O. The molecule has 0 saturated carbocycles. The molecule has 4 rings (SSSR count). The summed E-state index contributed by atoms with van der Waals surface area (Å²) in [6.07, 6.45) is 0.999. The van der Waals surface area contributed by atoms with Crippen LogP contribution in [0.5, 0.6) is 28.7 Å². The standard InChI is InChI=1S/C31H32O7S/c1-6-36-30-25(23-14-12-21(2)13-15-23)19-28(35-4)29(31(30)38-39(5,32)33)24-16-17-26(27(18-24)34-3)37-20-22-10-8-7-9-11-22/h7-19H,6,20H2,1-5H3. The highest BCUT2D eigenvalue weighted by Gasteiger charge is 2.27. The molecule has 0 spiro atoms. The second kappa shape index (κ2) is 12.1. The molecular formula is C31H32O7S. The Labute approximate surface area is 230 Å². The monoisotopic (exact) mass is 548 g/mol. The topological polar surface area (TPSA) is 80.3 Å². The Kier molecular flexibility index (Phi) is 8.66. The van der Waals surface area contributed by atoms with Crippen LogP contribution in [0.4, 0.5) is 0 Å². The third kappa shape index (κ3) is 6.64. The van der Waals surface area contributed by atoms with Crippen molar-refractivity contribution in [2.75, 3.05) is 27.1 Å². The largest absolute Gasteiger partial charge is 0.496 e. The average molecular weight is 549 g/mol. The Morgan fingerprint density at radius 3 is 2.00 bits per heavy atom. The van der Waals surface area contributed by atoms with Gasteiger partial charge in [0.2, 0.25) is 0 Å². The third-order valence-corrected chi connectivity index (χ3v) is 6.46. The third-order valence-electron chi connectivity index (χ3n) is 6.00. The van der Waals surface area contributed by atoms with E-state index >= 15 is 0 Å². The molecular weight excluding hydrogens is 516 g/mol.